The van der Waals surface area contributed by atoms with Crippen LogP contribution in [0.3, 0.4) is 0 Å². The Morgan fingerprint density at radius 2 is 2.25 bits per heavy atom. The SMILES string of the molecule is N#CNC(N)=NCCNc1nonc1-c1noc(=O)n1-c1ccc(F)c(Br)c1. The minimum absolute atomic E-state index is 0.00132. The van der Waals surface area contributed by atoms with Crippen LogP contribution in [0.5, 0.6) is 0 Å². The van der Waals surface area contributed by atoms with Crippen molar-refractivity contribution in [2.75, 3.05) is 18.4 Å². The maximum absolute atomic E-state index is 13.5. The highest BCUT2D eigenvalue weighted by Crippen LogP contribution is 2.25. The lowest BCUT2D eigenvalue weighted by molar-refractivity contribution is 0.309. The summed E-state index contributed by atoms with van der Waals surface area (Å²) in [5.41, 5.74) is 5.82. The number of aliphatic imine (C=N–C) groups is 1. The predicted molar refractivity (Wildman–Crippen MR) is 96.8 cm³/mol. The molecule has 3 rings (SSSR count). The van der Waals surface area contributed by atoms with Crippen molar-refractivity contribution in [3.05, 3.63) is 39.0 Å². The zero-order chi connectivity index (χ0) is 20.1. The van der Waals surface area contributed by atoms with Crippen molar-refractivity contribution in [1.82, 2.24) is 25.4 Å². The highest BCUT2D eigenvalue weighted by atomic mass is 79.9. The highest BCUT2D eigenvalue weighted by Gasteiger charge is 2.23. The molecule has 0 amide bonds. The Morgan fingerprint density at radius 3 is 3.00 bits per heavy atom. The van der Waals surface area contributed by atoms with E-state index >= 15 is 0 Å². The molecule has 3 aromatic rings. The fourth-order valence-corrected chi connectivity index (χ4v) is 2.52. The monoisotopic (exact) mass is 451 g/mol. The number of benzene rings is 1. The van der Waals surface area contributed by atoms with Crippen LogP contribution in [0.25, 0.3) is 17.2 Å². The molecule has 0 aliphatic rings. The van der Waals surface area contributed by atoms with Gasteiger partial charge in [-0.25, -0.2) is 18.4 Å². The molecule has 0 spiro atoms. The molecule has 0 unspecified atom stereocenters. The Balaban J connectivity index is 1.86. The third-order valence-corrected chi connectivity index (χ3v) is 3.94. The topological polar surface area (TPSA) is 173 Å². The average molecular weight is 452 g/mol. The number of hydrogen-bond donors (Lipinski definition) is 3. The maximum Gasteiger partial charge on any atom is 0.446 e. The van der Waals surface area contributed by atoms with Crippen LogP contribution in [0.1, 0.15) is 0 Å². The minimum Gasteiger partial charge on any atom is -0.369 e. The Kier molecular flexibility index (Phi) is 5.65. The molecule has 1 aromatic carbocycles. The zero-order valence-corrected chi connectivity index (χ0v) is 15.5. The Hall–Kier alpha value is -3.73. The lowest BCUT2D eigenvalue weighted by Crippen LogP contribution is -2.28. The van der Waals surface area contributed by atoms with Gasteiger partial charge >= 0.3 is 5.76 Å². The van der Waals surface area contributed by atoms with E-state index in [0.717, 1.165) is 4.57 Å². The fraction of sp³-hybridized carbons (Fsp3) is 0.143. The standard InChI is InChI=1S/C14H11BrFN9O3/c15-8-5-7(1-2-9(8)16)25-12(24-27-14(25)26)10-11(23-28-22-10)19-3-4-20-13(18)21-6-17/h1-2,5H,3-4H2,(H,19,23)(H3,18,20,21). The van der Waals surface area contributed by atoms with Crippen molar-refractivity contribution >= 4 is 27.7 Å². The summed E-state index contributed by atoms with van der Waals surface area (Å²) in [5.74, 6) is -1.16. The van der Waals surface area contributed by atoms with Gasteiger partial charge in [-0.15, -0.1) is 0 Å². The first kappa shape index (κ1) is 19.0. The molecule has 28 heavy (non-hydrogen) atoms. The first-order chi connectivity index (χ1) is 13.5. The number of aromatic nitrogens is 4. The Bertz CT molecular complexity index is 1110. The van der Waals surface area contributed by atoms with Gasteiger partial charge in [0.05, 0.1) is 16.7 Å². The van der Waals surface area contributed by atoms with Gasteiger partial charge in [0.2, 0.25) is 17.6 Å². The molecule has 4 N–H and O–H groups in total. The summed E-state index contributed by atoms with van der Waals surface area (Å²) < 4.78 is 24.2. The lowest BCUT2D eigenvalue weighted by Gasteiger charge is -2.05. The molecule has 0 radical (unpaired) electrons. The summed E-state index contributed by atoms with van der Waals surface area (Å²) in [7, 11) is 0. The van der Waals surface area contributed by atoms with E-state index in [0.29, 0.717) is 5.69 Å². The van der Waals surface area contributed by atoms with Gasteiger partial charge in [0.1, 0.15) is 5.82 Å². The summed E-state index contributed by atoms with van der Waals surface area (Å²) in [4.78, 5) is 16.0. The van der Waals surface area contributed by atoms with Gasteiger partial charge in [0, 0.05) is 6.54 Å². The molecule has 12 nitrogen and oxygen atoms in total. The molecule has 0 aliphatic heterocycles. The van der Waals surface area contributed by atoms with E-state index in [9.17, 15) is 9.18 Å². The van der Waals surface area contributed by atoms with Crippen LogP contribution in [-0.4, -0.2) is 39.1 Å². The maximum atomic E-state index is 13.5. The molecule has 0 bridgehead atoms. The Labute approximate surface area is 163 Å². The summed E-state index contributed by atoms with van der Waals surface area (Å²) >= 11 is 3.06. The molecule has 0 saturated heterocycles. The van der Waals surface area contributed by atoms with Gasteiger partial charge in [0.25, 0.3) is 0 Å². The van der Waals surface area contributed by atoms with Crippen molar-refractivity contribution < 1.29 is 13.5 Å². The fourth-order valence-electron chi connectivity index (χ4n) is 2.15. The van der Waals surface area contributed by atoms with E-state index in [-0.39, 0.29) is 40.9 Å². The average Bonchev–Trinajstić information content (AvgIpc) is 3.27. The summed E-state index contributed by atoms with van der Waals surface area (Å²) in [6, 6.07) is 3.95. The molecule has 0 atom stereocenters. The van der Waals surface area contributed by atoms with Crippen LogP contribution in [0.15, 0.2) is 41.6 Å². The number of anilines is 1. The number of nitrogens with two attached hydrogens (primary N) is 1. The quantitative estimate of drug-likeness (QED) is 0.158. The minimum atomic E-state index is -0.803. The molecule has 0 fully saturated rings. The van der Waals surface area contributed by atoms with Crippen molar-refractivity contribution in [3.8, 4) is 23.4 Å². The number of hydrogen-bond acceptors (Lipinski definition) is 9. The van der Waals surface area contributed by atoms with E-state index in [1.165, 1.54) is 18.2 Å². The van der Waals surface area contributed by atoms with E-state index in [1.54, 1.807) is 6.19 Å². The largest absolute Gasteiger partial charge is 0.446 e. The molecular weight excluding hydrogens is 441 g/mol. The van der Waals surface area contributed by atoms with Crippen LogP contribution in [0.4, 0.5) is 10.2 Å². The van der Waals surface area contributed by atoms with E-state index in [4.69, 9.17) is 20.1 Å². The van der Waals surface area contributed by atoms with Crippen LogP contribution in [0.2, 0.25) is 0 Å². The molecule has 14 heteroatoms. The Morgan fingerprint density at radius 1 is 1.43 bits per heavy atom. The van der Waals surface area contributed by atoms with Crippen LogP contribution in [0, 0.1) is 17.3 Å². The summed E-state index contributed by atoms with van der Waals surface area (Å²) in [6.45, 7) is 0.475. The van der Waals surface area contributed by atoms with Crippen molar-refractivity contribution in [2.24, 2.45) is 10.7 Å². The third kappa shape index (κ3) is 3.99. The van der Waals surface area contributed by atoms with Crippen molar-refractivity contribution in [3.63, 3.8) is 0 Å². The third-order valence-electron chi connectivity index (χ3n) is 3.34. The van der Waals surface area contributed by atoms with Crippen LogP contribution >= 0.6 is 15.9 Å². The number of guanidine groups is 1. The molecule has 2 aromatic heterocycles. The highest BCUT2D eigenvalue weighted by molar-refractivity contribution is 9.10. The predicted octanol–water partition coefficient (Wildman–Crippen LogP) is 0.574. The van der Waals surface area contributed by atoms with Crippen LogP contribution in [-0.2, 0) is 0 Å². The van der Waals surface area contributed by atoms with E-state index in [2.05, 4.69) is 47.0 Å². The van der Waals surface area contributed by atoms with E-state index < -0.39 is 11.6 Å². The molecule has 144 valence electrons. The van der Waals surface area contributed by atoms with Gasteiger partial charge in [-0.05, 0) is 44.4 Å². The molecule has 0 aliphatic carbocycles. The summed E-state index contributed by atoms with van der Waals surface area (Å²) in [6.07, 6.45) is 1.64. The number of nitrogens with zero attached hydrogens (tertiary/aromatic N) is 6. The molecule has 0 saturated carbocycles. The van der Waals surface area contributed by atoms with Crippen molar-refractivity contribution in [1.29, 1.82) is 5.26 Å². The lowest BCUT2D eigenvalue weighted by atomic mass is 10.3. The number of rotatable bonds is 6. The van der Waals surface area contributed by atoms with Gasteiger partial charge in [-0.2, -0.15) is 5.26 Å². The van der Waals surface area contributed by atoms with Gasteiger partial charge in [-0.1, -0.05) is 5.16 Å². The second-order valence-corrected chi connectivity index (χ2v) is 5.95. The van der Waals surface area contributed by atoms with E-state index in [1.807, 2.05) is 0 Å². The summed E-state index contributed by atoms with van der Waals surface area (Å²) in [5, 5.41) is 24.6. The first-order valence-electron chi connectivity index (χ1n) is 7.57. The smallest absolute Gasteiger partial charge is 0.369 e. The normalized spacial score (nSPS) is 11.2. The zero-order valence-electron chi connectivity index (χ0n) is 13.9. The van der Waals surface area contributed by atoms with Gasteiger partial charge < -0.3 is 11.1 Å². The first-order valence-corrected chi connectivity index (χ1v) is 8.36. The molecule has 2 heterocycles. The number of nitrogens with one attached hydrogen (secondary N) is 2. The van der Waals surface area contributed by atoms with Gasteiger partial charge in [-0.3, -0.25) is 14.8 Å². The van der Waals surface area contributed by atoms with Gasteiger partial charge in [0.15, 0.2) is 11.9 Å². The second-order valence-electron chi connectivity index (χ2n) is 5.10. The van der Waals surface area contributed by atoms with Crippen LogP contribution < -0.4 is 22.1 Å². The number of nitriles is 1. The number of halogens is 2. The second kappa shape index (κ2) is 8.31. The molecular formula is C14H11BrFN9O3. The van der Waals surface area contributed by atoms with Crippen molar-refractivity contribution in [2.45, 2.75) is 0 Å².